The van der Waals surface area contributed by atoms with Crippen molar-refractivity contribution < 1.29 is 0 Å². The summed E-state index contributed by atoms with van der Waals surface area (Å²) in [6.07, 6.45) is 2.31. The Morgan fingerprint density at radius 3 is 2.58 bits per heavy atom. The van der Waals surface area contributed by atoms with E-state index in [1.807, 2.05) is 30.3 Å². The van der Waals surface area contributed by atoms with Crippen LogP contribution in [-0.2, 0) is 13.1 Å². The van der Waals surface area contributed by atoms with Crippen molar-refractivity contribution in [3.8, 4) is 11.3 Å². The number of hydrogen-bond acceptors (Lipinski definition) is 3. The zero-order valence-corrected chi connectivity index (χ0v) is 16.3. The first-order chi connectivity index (χ1) is 12.7. The Bertz CT molecular complexity index is 846. The van der Waals surface area contributed by atoms with Crippen molar-refractivity contribution >= 4 is 23.2 Å². The van der Waals surface area contributed by atoms with E-state index < -0.39 is 0 Å². The summed E-state index contributed by atoms with van der Waals surface area (Å²) in [6.45, 7) is 4.35. The Labute approximate surface area is 164 Å². The lowest BCUT2D eigenvalue weighted by Crippen LogP contribution is -2.15. The average molecular weight is 389 g/mol. The maximum atomic E-state index is 6.30. The molecule has 1 N–H and O–H groups in total. The molecule has 6 heteroatoms. The standard InChI is InChI=1S/C20H22Cl2N4/c1-2-3-11-23-13-19-20(15-7-5-4-6-8-15)25-26(24-19)14-16-9-10-17(21)12-18(16)22/h4-10,12,23H,2-3,11,13-14H2,1H3. The van der Waals surface area contributed by atoms with Crippen LogP contribution >= 0.6 is 23.2 Å². The molecule has 0 aliphatic carbocycles. The highest BCUT2D eigenvalue weighted by Crippen LogP contribution is 2.23. The van der Waals surface area contributed by atoms with Crippen LogP contribution in [0.3, 0.4) is 0 Å². The van der Waals surface area contributed by atoms with Crippen molar-refractivity contribution in [2.45, 2.75) is 32.9 Å². The van der Waals surface area contributed by atoms with E-state index in [-0.39, 0.29) is 0 Å². The van der Waals surface area contributed by atoms with Gasteiger partial charge in [0.2, 0.25) is 0 Å². The number of hydrogen-bond donors (Lipinski definition) is 1. The summed E-state index contributed by atoms with van der Waals surface area (Å²) in [5, 5.41) is 14.1. The molecule has 1 heterocycles. The molecular weight excluding hydrogens is 367 g/mol. The van der Waals surface area contributed by atoms with Crippen molar-refractivity contribution in [3.05, 3.63) is 69.8 Å². The Kier molecular flexibility index (Phi) is 6.67. The highest BCUT2D eigenvalue weighted by atomic mass is 35.5. The summed E-state index contributed by atoms with van der Waals surface area (Å²) in [5.41, 5.74) is 3.85. The molecule has 4 nitrogen and oxygen atoms in total. The van der Waals surface area contributed by atoms with Gasteiger partial charge in [0.1, 0.15) is 11.4 Å². The predicted molar refractivity (Wildman–Crippen MR) is 108 cm³/mol. The summed E-state index contributed by atoms with van der Waals surface area (Å²) in [4.78, 5) is 1.70. The van der Waals surface area contributed by atoms with Crippen LogP contribution in [0.2, 0.25) is 10.0 Å². The number of benzene rings is 2. The Morgan fingerprint density at radius 1 is 1.04 bits per heavy atom. The molecule has 0 aliphatic rings. The molecule has 0 aliphatic heterocycles. The molecule has 0 bridgehead atoms. The molecule has 3 aromatic rings. The van der Waals surface area contributed by atoms with E-state index >= 15 is 0 Å². The number of nitrogens with one attached hydrogen (secondary N) is 1. The van der Waals surface area contributed by atoms with Gasteiger partial charge in [-0.25, -0.2) is 0 Å². The first-order valence-corrected chi connectivity index (χ1v) is 9.57. The summed E-state index contributed by atoms with van der Waals surface area (Å²) in [5.74, 6) is 0. The number of aromatic nitrogens is 3. The Hall–Kier alpha value is -1.88. The van der Waals surface area contributed by atoms with Gasteiger partial charge in [0.15, 0.2) is 0 Å². The molecule has 0 amide bonds. The summed E-state index contributed by atoms with van der Waals surface area (Å²) < 4.78 is 0. The van der Waals surface area contributed by atoms with Crippen molar-refractivity contribution in [2.24, 2.45) is 0 Å². The molecule has 3 rings (SSSR count). The maximum absolute atomic E-state index is 6.30. The minimum atomic E-state index is 0.505. The normalized spacial score (nSPS) is 11.0. The van der Waals surface area contributed by atoms with E-state index in [9.17, 15) is 0 Å². The fourth-order valence-corrected chi connectivity index (χ4v) is 3.17. The van der Waals surface area contributed by atoms with Crippen LogP contribution < -0.4 is 5.32 Å². The van der Waals surface area contributed by atoms with Crippen LogP contribution in [0.4, 0.5) is 0 Å². The first kappa shape index (κ1) is 18.9. The van der Waals surface area contributed by atoms with Crippen molar-refractivity contribution in [1.29, 1.82) is 0 Å². The van der Waals surface area contributed by atoms with Crippen molar-refractivity contribution in [3.63, 3.8) is 0 Å². The van der Waals surface area contributed by atoms with Gasteiger partial charge in [-0.15, -0.1) is 0 Å². The molecule has 0 radical (unpaired) electrons. The van der Waals surface area contributed by atoms with Crippen molar-refractivity contribution in [1.82, 2.24) is 20.3 Å². The molecule has 0 atom stereocenters. The number of rotatable bonds is 8. The predicted octanol–water partition coefficient (Wildman–Crippen LogP) is 5.19. The lowest BCUT2D eigenvalue weighted by molar-refractivity contribution is 0.573. The lowest BCUT2D eigenvalue weighted by Gasteiger charge is -2.04. The van der Waals surface area contributed by atoms with E-state index in [1.54, 1.807) is 10.9 Å². The fraction of sp³-hybridized carbons (Fsp3) is 0.300. The highest BCUT2D eigenvalue weighted by molar-refractivity contribution is 6.35. The molecule has 26 heavy (non-hydrogen) atoms. The first-order valence-electron chi connectivity index (χ1n) is 8.81. The zero-order chi connectivity index (χ0) is 18.4. The van der Waals surface area contributed by atoms with Gasteiger partial charge in [-0.05, 0) is 30.7 Å². The molecule has 0 saturated carbocycles. The van der Waals surface area contributed by atoms with Crippen LogP contribution in [-0.4, -0.2) is 21.5 Å². The van der Waals surface area contributed by atoms with Gasteiger partial charge in [-0.2, -0.15) is 15.0 Å². The summed E-state index contributed by atoms with van der Waals surface area (Å²) >= 11 is 12.3. The van der Waals surface area contributed by atoms with E-state index in [0.29, 0.717) is 23.1 Å². The highest BCUT2D eigenvalue weighted by Gasteiger charge is 2.14. The van der Waals surface area contributed by atoms with Gasteiger partial charge >= 0.3 is 0 Å². The minimum absolute atomic E-state index is 0.505. The molecule has 0 unspecified atom stereocenters. The van der Waals surface area contributed by atoms with E-state index in [4.69, 9.17) is 33.4 Å². The Morgan fingerprint density at radius 2 is 1.85 bits per heavy atom. The lowest BCUT2D eigenvalue weighted by atomic mass is 10.1. The van der Waals surface area contributed by atoms with E-state index in [2.05, 4.69) is 24.4 Å². The molecule has 136 valence electrons. The summed E-state index contributed by atoms with van der Waals surface area (Å²) in [6, 6.07) is 15.6. The molecule has 0 saturated heterocycles. The fourth-order valence-electron chi connectivity index (χ4n) is 2.70. The molecular formula is C20H22Cl2N4. The number of unbranched alkanes of at least 4 members (excludes halogenated alkanes) is 1. The third kappa shape index (κ3) is 4.85. The molecule has 1 aromatic heterocycles. The molecule has 0 fully saturated rings. The van der Waals surface area contributed by atoms with E-state index in [0.717, 1.165) is 35.5 Å². The second kappa shape index (κ2) is 9.17. The minimum Gasteiger partial charge on any atom is -0.311 e. The quantitative estimate of drug-likeness (QED) is 0.539. The maximum Gasteiger partial charge on any atom is 0.117 e. The zero-order valence-electron chi connectivity index (χ0n) is 14.8. The van der Waals surface area contributed by atoms with Gasteiger partial charge < -0.3 is 5.32 Å². The second-order valence-electron chi connectivity index (χ2n) is 6.16. The third-order valence-corrected chi connectivity index (χ3v) is 4.69. The van der Waals surface area contributed by atoms with Gasteiger partial charge in [-0.1, -0.05) is 72.9 Å². The van der Waals surface area contributed by atoms with Crippen LogP contribution in [0.15, 0.2) is 48.5 Å². The van der Waals surface area contributed by atoms with E-state index in [1.165, 1.54) is 6.42 Å². The molecule has 0 spiro atoms. The molecule has 2 aromatic carbocycles. The Balaban J connectivity index is 1.85. The smallest absolute Gasteiger partial charge is 0.117 e. The SMILES string of the molecule is CCCCNCc1nn(Cc2ccc(Cl)cc2Cl)nc1-c1ccccc1. The topological polar surface area (TPSA) is 42.7 Å². The monoisotopic (exact) mass is 388 g/mol. The van der Waals surface area contributed by atoms with Gasteiger partial charge in [0.05, 0.1) is 6.54 Å². The van der Waals surface area contributed by atoms with Crippen molar-refractivity contribution in [2.75, 3.05) is 6.54 Å². The van der Waals surface area contributed by atoms with Crippen LogP contribution in [0.25, 0.3) is 11.3 Å². The van der Waals surface area contributed by atoms with Crippen LogP contribution in [0, 0.1) is 0 Å². The van der Waals surface area contributed by atoms with Gasteiger partial charge in [0, 0.05) is 22.2 Å². The largest absolute Gasteiger partial charge is 0.311 e. The van der Waals surface area contributed by atoms with Crippen LogP contribution in [0.5, 0.6) is 0 Å². The van der Waals surface area contributed by atoms with Gasteiger partial charge in [-0.3, -0.25) is 0 Å². The summed E-state index contributed by atoms with van der Waals surface area (Å²) in [7, 11) is 0. The number of nitrogens with zero attached hydrogens (tertiary/aromatic N) is 3. The van der Waals surface area contributed by atoms with Crippen LogP contribution in [0.1, 0.15) is 31.0 Å². The number of halogens is 2. The second-order valence-corrected chi connectivity index (χ2v) is 7.00. The average Bonchev–Trinajstić information content (AvgIpc) is 3.05. The van der Waals surface area contributed by atoms with Gasteiger partial charge in [0.25, 0.3) is 0 Å². The third-order valence-electron chi connectivity index (χ3n) is 4.10.